The van der Waals surface area contributed by atoms with Crippen molar-refractivity contribution in [1.82, 2.24) is 10.2 Å². The zero-order chi connectivity index (χ0) is 22.2. The molecule has 0 aromatic heterocycles. The maximum Gasteiger partial charge on any atom is 0.337 e. The molecule has 2 heterocycles. The fourth-order valence-corrected chi connectivity index (χ4v) is 5.06. The van der Waals surface area contributed by atoms with Gasteiger partial charge in [-0.25, -0.2) is 4.79 Å². The summed E-state index contributed by atoms with van der Waals surface area (Å²) < 4.78 is 5.23. The highest BCUT2D eigenvalue weighted by molar-refractivity contribution is 8.26. The van der Waals surface area contributed by atoms with E-state index >= 15 is 0 Å². The normalized spacial score (nSPS) is 17.3. The number of benzene rings is 1. The number of rotatable bonds is 8. The number of hydrogen-bond acceptors (Lipinski definition) is 8. The van der Waals surface area contributed by atoms with Gasteiger partial charge in [-0.15, -0.1) is 0 Å². The van der Waals surface area contributed by atoms with E-state index in [-0.39, 0.29) is 11.8 Å². The highest BCUT2D eigenvalue weighted by Crippen LogP contribution is 2.32. The van der Waals surface area contributed by atoms with Gasteiger partial charge in [-0.1, -0.05) is 54.3 Å². The number of thioether (sulfide) groups is 2. The number of unbranched alkanes of at least 4 members (excludes halogenated alkanes) is 2. The lowest BCUT2D eigenvalue weighted by Crippen LogP contribution is -2.29. The largest absolute Gasteiger partial charge is 0.465 e. The van der Waals surface area contributed by atoms with Crippen molar-refractivity contribution in [1.29, 1.82) is 0 Å². The second kappa shape index (κ2) is 11.4. The van der Waals surface area contributed by atoms with Gasteiger partial charge in [-0.2, -0.15) is 0 Å². The standard InChI is InChI=1S/C21H23N3O4S3/c1-28-19(27)15-8-6-14(7-9-15)13-16-18(26)24(21(29)31-16)11-4-2-3-5-17(25)23-20-22-10-12-30-20/h6-9,13H,2-5,10-12H2,1H3,(H,22,23,25)/b16-13+. The number of methoxy groups -OCH3 is 1. The Morgan fingerprint density at radius 3 is 2.71 bits per heavy atom. The van der Waals surface area contributed by atoms with Crippen molar-refractivity contribution >= 4 is 69.1 Å². The number of thiocarbonyl (C=S) groups is 1. The Labute approximate surface area is 195 Å². The molecule has 0 aliphatic carbocycles. The number of amidine groups is 1. The molecule has 0 saturated carbocycles. The molecule has 0 bridgehead atoms. The molecule has 31 heavy (non-hydrogen) atoms. The fourth-order valence-electron chi connectivity index (χ4n) is 3.00. The smallest absolute Gasteiger partial charge is 0.337 e. The van der Waals surface area contributed by atoms with Gasteiger partial charge in [0.05, 0.1) is 24.1 Å². The van der Waals surface area contributed by atoms with Crippen molar-refractivity contribution in [3.8, 4) is 0 Å². The molecular formula is C21H23N3O4S3. The van der Waals surface area contributed by atoms with E-state index in [9.17, 15) is 14.4 Å². The lowest BCUT2D eigenvalue weighted by atomic mass is 10.1. The van der Waals surface area contributed by atoms with Crippen molar-refractivity contribution in [3.05, 3.63) is 40.3 Å². The van der Waals surface area contributed by atoms with Crippen LogP contribution < -0.4 is 5.32 Å². The first kappa shape index (κ1) is 23.5. The van der Waals surface area contributed by atoms with E-state index in [0.29, 0.717) is 32.9 Å². The van der Waals surface area contributed by atoms with Gasteiger partial charge < -0.3 is 10.1 Å². The number of esters is 1. The summed E-state index contributed by atoms with van der Waals surface area (Å²) >= 11 is 8.21. The van der Waals surface area contributed by atoms with Gasteiger partial charge in [0.2, 0.25) is 5.91 Å². The van der Waals surface area contributed by atoms with Crippen LogP contribution in [0.2, 0.25) is 0 Å². The van der Waals surface area contributed by atoms with E-state index in [0.717, 1.165) is 37.1 Å². The predicted molar refractivity (Wildman–Crippen MR) is 129 cm³/mol. The number of nitrogens with zero attached hydrogens (tertiary/aromatic N) is 2. The van der Waals surface area contributed by atoms with E-state index in [2.05, 4.69) is 15.0 Å². The van der Waals surface area contributed by atoms with E-state index in [4.69, 9.17) is 12.2 Å². The zero-order valence-electron chi connectivity index (χ0n) is 17.1. The average molecular weight is 478 g/mol. The third kappa shape index (κ3) is 6.65. The summed E-state index contributed by atoms with van der Waals surface area (Å²) in [6, 6.07) is 6.85. The van der Waals surface area contributed by atoms with Crippen LogP contribution in [-0.4, -0.2) is 58.1 Å². The van der Waals surface area contributed by atoms with Gasteiger partial charge >= 0.3 is 5.97 Å². The molecule has 10 heteroatoms. The summed E-state index contributed by atoms with van der Waals surface area (Å²) in [5.74, 6) is 0.398. The minimum absolute atomic E-state index is 0.0140. The minimum atomic E-state index is -0.401. The Kier molecular flexibility index (Phi) is 8.68. The number of carbonyl (C=O) groups is 3. The summed E-state index contributed by atoms with van der Waals surface area (Å²) in [7, 11) is 1.33. The number of ether oxygens (including phenoxy) is 1. The molecule has 1 N–H and O–H groups in total. The van der Waals surface area contributed by atoms with Crippen molar-refractivity contribution in [2.24, 2.45) is 4.99 Å². The molecule has 7 nitrogen and oxygen atoms in total. The van der Waals surface area contributed by atoms with Crippen molar-refractivity contribution < 1.29 is 19.1 Å². The quantitative estimate of drug-likeness (QED) is 0.266. The van der Waals surface area contributed by atoms with Crippen LogP contribution >= 0.6 is 35.7 Å². The van der Waals surface area contributed by atoms with Gasteiger partial charge in [0, 0.05) is 18.7 Å². The van der Waals surface area contributed by atoms with Crippen LogP contribution in [0.1, 0.15) is 41.6 Å². The van der Waals surface area contributed by atoms with Gasteiger partial charge in [0.1, 0.15) is 4.32 Å². The molecule has 1 saturated heterocycles. The van der Waals surface area contributed by atoms with Crippen LogP contribution in [0.15, 0.2) is 34.2 Å². The molecule has 1 aromatic carbocycles. The SMILES string of the molecule is COC(=O)c1ccc(/C=C2/SC(=S)N(CCCCCC(=O)NC3=NCCS3)C2=O)cc1. The topological polar surface area (TPSA) is 88.1 Å². The Hall–Kier alpha value is -2.17. The van der Waals surface area contributed by atoms with Gasteiger partial charge in [-0.05, 0) is 36.6 Å². The lowest BCUT2D eigenvalue weighted by molar-refractivity contribution is -0.122. The van der Waals surface area contributed by atoms with E-state index < -0.39 is 5.97 Å². The molecule has 2 aliphatic rings. The highest BCUT2D eigenvalue weighted by Gasteiger charge is 2.31. The number of carbonyl (C=O) groups excluding carboxylic acids is 3. The molecule has 2 amide bonds. The zero-order valence-corrected chi connectivity index (χ0v) is 19.5. The van der Waals surface area contributed by atoms with Crippen LogP contribution in [0, 0.1) is 0 Å². The second-order valence-electron chi connectivity index (χ2n) is 6.84. The van der Waals surface area contributed by atoms with E-state index in [1.54, 1.807) is 47.0 Å². The van der Waals surface area contributed by atoms with E-state index in [1.165, 1.54) is 18.9 Å². The third-order valence-corrected chi connectivity index (χ3v) is 6.89. The molecule has 0 spiro atoms. The predicted octanol–water partition coefficient (Wildman–Crippen LogP) is 3.45. The summed E-state index contributed by atoms with van der Waals surface area (Å²) in [6.07, 6.45) is 4.57. The van der Waals surface area contributed by atoms with Crippen molar-refractivity contribution in [3.63, 3.8) is 0 Å². The van der Waals surface area contributed by atoms with Crippen molar-refractivity contribution in [2.75, 3.05) is 26.0 Å². The van der Waals surface area contributed by atoms with Crippen LogP contribution in [0.4, 0.5) is 0 Å². The van der Waals surface area contributed by atoms with Crippen molar-refractivity contribution in [2.45, 2.75) is 25.7 Å². The molecule has 0 radical (unpaired) electrons. The van der Waals surface area contributed by atoms with Crippen LogP contribution in [0.3, 0.4) is 0 Å². The minimum Gasteiger partial charge on any atom is -0.465 e. The fraction of sp³-hybridized carbons (Fsp3) is 0.381. The Morgan fingerprint density at radius 1 is 1.26 bits per heavy atom. The van der Waals surface area contributed by atoms with E-state index in [1.807, 2.05) is 0 Å². The Balaban J connectivity index is 1.44. The summed E-state index contributed by atoms with van der Waals surface area (Å²) in [5, 5.41) is 3.54. The number of nitrogens with one attached hydrogen (secondary N) is 1. The second-order valence-corrected chi connectivity index (χ2v) is 9.60. The number of hydrogen-bond donors (Lipinski definition) is 1. The molecular weight excluding hydrogens is 454 g/mol. The molecule has 1 aromatic rings. The first-order valence-corrected chi connectivity index (χ1v) is 12.1. The summed E-state index contributed by atoms with van der Waals surface area (Å²) in [4.78, 5) is 42.5. The molecule has 0 atom stereocenters. The molecule has 0 unspecified atom stereocenters. The molecule has 164 valence electrons. The Bertz CT molecular complexity index is 928. The van der Waals surface area contributed by atoms with Gasteiger partial charge in [0.15, 0.2) is 5.17 Å². The first-order chi connectivity index (χ1) is 15.0. The summed E-state index contributed by atoms with van der Waals surface area (Å²) in [5.41, 5.74) is 1.26. The molecule has 1 fully saturated rings. The maximum atomic E-state index is 12.7. The summed E-state index contributed by atoms with van der Waals surface area (Å²) in [6.45, 7) is 1.30. The lowest BCUT2D eigenvalue weighted by Gasteiger charge is -2.14. The highest BCUT2D eigenvalue weighted by atomic mass is 32.2. The Morgan fingerprint density at radius 2 is 2.03 bits per heavy atom. The van der Waals surface area contributed by atoms with Gasteiger partial charge in [-0.3, -0.25) is 19.5 Å². The number of amides is 2. The maximum absolute atomic E-state index is 12.7. The van der Waals surface area contributed by atoms with Gasteiger partial charge in [0.25, 0.3) is 5.91 Å². The van der Waals surface area contributed by atoms with Crippen LogP contribution in [0.5, 0.6) is 0 Å². The molecule has 3 rings (SSSR count). The monoisotopic (exact) mass is 477 g/mol. The first-order valence-electron chi connectivity index (χ1n) is 9.89. The van der Waals surface area contributed by atoms with Crippen LogP contribution in [0.25, 0.3) is 6.08 Å². The molecule has 2 aliphatic heterocycles. The number of aliphatic imine (C=N–C) groups is 1. The average Bonchev–Trinajstić information content (AvgIpc) is 3.36. The third-order valence-electron chi connectivity index (χ3n) is 4.62. The van der Waals surface area contributed by atoms with Crippen LogP contribution in [-0.2, 0) is 14.3 Å².